The van der Waals surface area contributed by atoms with E-state index in [1.54, 1.807) is 10.7 Å². The first kappa shape index (κ1) is 11.6. The second-order valence-corrected chi connectivity index (χ2v) is 7.21. The summed E-state index contributed by atoms with van der Waals surface area (Å²) in [5.41, 5.74) is 1.07. The van der Waals surface area contributed by atoms with Gasteiger partial charge in [-0.2, -0.15) is 0 Å². The van der Waals surface area contributed by atoms with Crippen LogP contribution < -0.4 is 5.32 Å². The van der Waals surface area contributed by atoms with Gasteiger partial charge < -0.3 is 10.1 Å². The fourth-order valence-corrected chi connectivity index (χ4v) is 4.56. The lowest BCUT2D eigenvalue weighted by Gasteiger charge is -2.43. The van der Waals surface area contributed by atoms with Crippen LogP contribution in [0.4, 0.5) is 0 Å². The molecule has 2 unspecified atom stereocenters. The number of fused-ring (bicyclic) bond motifs is 2. The zero-order valence-corrected chi connectivity index (χ0v) is 13.2. The topological polar surface area (TPSA) is 52.0 Å². The summed E-state index contributed by atoms with van der Waals surface area (Å²) in [7, 11) is 1.85. The van der Waals surface area contributed by atoms with Gasteiger partial charge in [0.15, 0.2) is 0 Å². The molecule has 1 spiro atoms. The molecule has 2 aromatic heterocycles. The molecule has 1 fully saturated rings. The third-order valence-electron chi connectivity index (χ3n) is 4.16. The zero-order valence-electron chi connectivity index (χ0n) is 13.6. The maximum Gasteiger partial charge on any atom is 0.106 e. The fourth-order valence-electron chi connectivity index (χ4n) is 3.17. The lowest BCUT2D eigenvalue weighted by atomic mass is 9.82. The number of piperidine rings is 1. The Bertz CT molecular complexity index is 749. The molecule has 0 bridgehead atoms. The number of nitrogens with zero attached hydrogens (tertiary/aromatic N) is 3. The average molecular weight is 327 g/mol. The van der Waals surface area contributed by atoms with Gasteiger partial charge in [0.05, 0.1) is 22.7 Å². The van der Waals surface area contributed by atoms with Gasteiger partial charge in [-0.05, 0) is 31.0 Å². The molecular formula is C14H17ClN4OS. The average Bonchev–Trinajstić information content (AvgIpc) is 3.11. The highest BCUT2D eigenvalue weighted by Gasteiger charge is 2.44. The Labute approximate surface area is 135 Å². The molecule has 2 aromatic rings. The van der Waals surface area contributed by atoms with Crippen LogP contribution >= 0.6 is 22.9 Å². The number of ether oxygens (including phenoxy) is 1. The molecule has 1 N–H and O–H groups in total. The van der Waals surface area contributed by atoms with Crippen molar-refractivity contribution in [2.24, 2.45) is 7.05 Å². The van der Waals surface area contributed by atoms with Crippen LogP contribution in [0.1, 0.15) is 37.8 Å². The Balaban J connectivity index is 1.73. The Kier molecular flexibility index (Phi) is 2.79. The Morgan fingerprint density at radius 3 is 3.38 bits per heavy atom. The van der Waals surface area contributed by atoms with Gasteiger partial charge in [-0.15, -0.1) is 16.4 Å². The van der Waals surface area contributed by atoms with Crippen molar-refractivity contribution in [3.63, 3.8) is 0 Å². The molecule has 5 nitrogen and oxygen atoms in total. The van der Waals surface area contributed by atoms with Gasteiger partial charge in [-0.3, -0.25) is 4.68 Å². The molecule has 2 aliphatic rings. The maximum atomic E-state index is 8.19. The number of hydrogen-bond donors (Lipinski definition) is 1. The summed E-state index contributed by atoms with van der Waals surface area (Å²) < 4.78 is 24.8. The van der Waals surface area contributed by atoms with Crippen LogP contribution in [0.2, 0.25) is 4.34 Å². The second kappa shape index (κ2) is 5.05. The van der Waals surface area contributed by atoms with E-state index >= 15 is 0 Å². The molecule has 1 saturated heterocycles. The predicted octanol–water partition coefficient (Wildman–Crippen LogP) is 2.42. The third-order valence-corrected chi connectivity index (χ3v) is 5.61. The number of halogens is 1. The van der Waals surface area contributed by atoms with Crippen LogP contribution in [-0.4, -0.2) is 28.1 Å². The lowest BCUT2D eigenvalue weighted by molar-refractivity contribution is -0.0871. The van der Waals surface area contributed by atoms with Crippen molar-refractivity contribution in [1.82, 2.24) is 20.3 Å². The summed E-state index contributed by atoms with van der Waals surface area (Å²) >= 11 is 7.62. The first-order chi connectivity index (χ1) is 10.9. The van der Waals surface area contributed by atoms with E-state index in [4.69, 9.17) is 19.1 Å². The van der Waals surface area contributed by atoms with E-state index in [2.05, 4.69) is 15.6 Å². The molecule has 4 heterocycles. The normalized spacial score (nSPS) is 32.6. The molecule has 112 valence electrons. The maximum absolute atomic E-state index is 8.19. The largest absolute Gasteiger partial charge is 0.369 e. The van der Waals surface area contributed by atoms with E-state index in [0.717, 1.165) is 23.5 Å². The quantitative estimate of drug-likeness (QED) is 0.874. The number of aromatic nitrogens is 3. The zero-order chi connectivity index (χ0) is 16.2. The van der Waals surface area contributed by atoms with Crippen molar-refractivity contribution < 1.29 is 7.48 Å². The summed E-state index contributed by atoms with van der Waals surface area (Å²) in [6, 6.07) is 1.79. The molecule has 0 amide bonds. The molecule has 0 saturated carbocycles. The van der Waals surface area contributed by atoms with Crippen LogP contribution in [0.15, 0.2) is 12.3 Å². The van der Waals surface area contributed by atoms with Crippen molar-refractivity contribution in [3.8, 4) is 0 Å². The van der Waals surface area contributed by atoms with Gasteiger partial charge in [0.1, 0.15) is 5.60 Å². The highest BCUT2D eigenvalue weighted by atomic mass is 35.5. The molecular weight excluding hydrogens is 308 g/mol. The van der Waals surface area contributed by atoms with Crippen LogP contribution in [0.3, 0.4) is 0 Å². The highest BCUT2D eigenvalue weighted by molar-refractivity contribution is 7.16. The van der Waals surface area contributed by atoms with Crippen LogP contribution in [-0.2, 0) is 23.8 Å². The van der Waals surface area contributed by atoms with Crippen molar-refractivity contribution in [3.05, 3.63) is 32.7 Å². The van der Waals surface area contributed by atoms with Gasteiger partial charge in [-0.25, -0.2) is 0 Å². The standard InChI is InChI=1S/C14H17ClN4OS/c1-19-8-11(17-18-19)10-7-14(3-4-16-10)13-9(2-5-20-14)6-12(15)21-13/h6,8,10,16H,2-5,7H2,1H3/i2D2. The van der Waals surface area contributed by atoms with Gasteiger partial charge in [0.2, 0.25) is 0 Å². The fraction of sp³-hybridized carbons (Fsp3) is 0.571. The molecule has 0 aromatic carbocycles. The van der Waals surface area contributed by atoms with Gasteiger partial charge in [0.25, 0.3) is 0 Å². The summed E-state index contributed by atoms with van der Waals surface area (Å²) in [5, 5.41) is 11.7. The Hall–Kier alpha value is -0.950. The van der Waals surface area contributed by atoms with Crippen LogP contribution in [0, 0.1) is 0 Å². The lowest BCUT2D eigenvalue weighted by Crippen LogP contribution is -2.45. The molecule has 2 atom stereocenters. The predicted molar refractivity (Wildman–Crippen MR) is 81.6 cm³/mol. The van der Waals surface area contributed by atoms with Gasteiger partial charge in [-0.1, -0.05) is 16.8 Å². The van der Waals surface area contributed by atoms with Gasteiger partial charge in [0, 0.05) is 27.3 Å². The molecule has 21 heavy (non-hydrogen) atoms. The monoisotopic (exact) mass is 326 g/mol. The number of nitrogens with one attached hydrogen (secondary N) is 1. The van der Waals surface area contributed by atoms with E-state index in [1.165, 1.54) is 11.3 Å². The van der Waals surface area contributed by atoms with E-state index < -0.39 is 12.0 Å². The van der Waals surface area contributed by atoms with Crippen molar-refractivity contribution in [2.45, 2.75) is 30.9 Å². The molecule has 2 aliphatic heterocycles. The summed E-state index contributed by atoms with van der Waals surface area (Å²) in [6.07, 6.45) is 1.91. The van der Waals surface area contributed by atoms with Crippen molar-refractivity contribution in [2.75, 3.05) is 13.2 Å². The summed E-state index contributed by atoms with van der Waals surface area (Å²) in [5.74, 6) is 0. The summed E-state index contributed by atoms with van der Waals surface area (Å²) in [4.78, 5) is 0.925. The number of hydrogen-bond acceptors (Lipinski definition) is 5. The minimum atomic E-state index is -1.49. The van der Waals surface area contributed by atoms with E-state index in [9.17, 15) is 0 Å². The minimum absolute atomic E-state index is 0.0372. The minimum Gasteiger partial charge on any atom is -0.369 e. The molecule has 0 aliphatic carbocycles. The van der Waals surface area contributed by atoms with E-state index in [1.807, 2.05) is 13.2 Å². The van der Waals surface area contributed by atoms with Gasteiger partial charge >= 0.3 is 0 Å². The molecule has 4 rings (SSSR count). The number of rotatable bonds is 1. The number of aryl methyl sites for hydroxylation is 1. The first-order valence-electron chi connectivity index (χ1n) is 7.93. The highest BCUT2D eigenvalue weighted by Crippen LogP contribution is 2.48. The Morgan fingerprint density at radius 2 is 2.57 bits per heavy atom. The molecule has 0 radical (unpaired) electrons. The first-order valence-corrected chi connectivity index (χ1v) is 8.13. The van der Waals surface area contributed by atoms with E-state index in [0.29, 0.717) is 16.3 Å². The SMILES string of the molecule is [2H]C1([2H])COC2(CCNC(c3cn(C)nn3)C2)c2sc(Cl)cc21. The van der Waals surface area contributed by atoms with Crippen LogP contribution in [0.25, 0.3) is 0 Å². The third kappa shape index (κ3) is 2.30. The number of thiophene rings is 1. The van der Waals surface area contributed by atoms with E-state index in [-0.39, 0.29) is 12.6 Å². The smallest absolute Gasteiger partial charge is 0.106 e. The second-order valence-electron chi connectivity index (χ2n) is 5.53. The van der Waals surface area contributed by atoms with Crippen LogP contribution in [0.5, 0.6) is 0 Å². The molecule has 7 heteroatoms. The summed E-state index contributed by atoms with van der Waals surface area (Å²) in [6.45, 7) is 0.833. The van der Waals surface area contributed by atoms with Crippen molar-refractivity contribution >= 4 is 22.9 Å². The Morgan fingerprint density at radius 1 is 1.67 bits per heavy atom. The van der Waals surface area contributed by atoms with Crippen molar-refractivity contribution in [1.29, 1.82) is 0 Å².